The average Bonchev–Trinajstić information content (AvgIpc) is 3.32. The second-order valence-corrected chi connectivity index (χ2v) is 8.49. The maximum Gasteiger partial charge on any atom is 0.272 e. The van der Waals surface area contributed by atoms with E-state index in [0.717, 1.165) is 5.56 Å². The zero-order valence-electron chi connectivity index (χ0n) is 19.5. The van der Waals surface area contributed by atoms with Crippen molar-refractivity contribution in [1.82, 2.24) is 25.1 Å². The number of fused-ring (bicyclic) bond motifs is 2. The SMILES string of the molecule is Cc1nc(C(=O)N(C)C)ccc1-c1cnc(NCc2c(F)ccc3c2CCO3)c2cn[nH]c(=O)c12. The van der Waals surface area contributed by atoms with Crippen LogP contribution < -0.4 is 15.6 Å². The number of ether oxygens (including phenoxy) is 1. The first-order valence-corrected chi connectivity index (χ1v) is 11.1. The Kier molecular flexibility index (Phi) is 5.64. The molecule has 2 N–H and O–H groups in total. The molecule has 1 amide bonds. The first kappa shape index (κ1) is 22.5. The highest BCUT2D eigenvalue weighted by molar-refractivity contribution is 6.01. The van der Waals surface area contributed by atoms with Crippen LogP contribution >= 0.6 is 0 Å². The molecular weight excluding hydrogens is 451 g/mol. The third-order valence-electron chi connectivity index (χ3n) is 6.08. The van der Waals surface area contributed by atoms with Crippen LogP contribution in [0.4, 0.5) is 10.2 Å². The fourth-order valence-corrected chi connectivity index (χ4v) is 4.33. The van der Waals surface area contributed by atoms with Crippen LogP contribution in [0.1, 0.15) is 27.3 Å². The minimum atomic E-state index is -0.393. The molecular formula is C25H23FN6O3. The number of aryl methyl sites for hydroxylation is 1. The van der Waals surface area contributed by atoms with Crippen LogP contribution in [0.2, 0.25) is 0 Å². The standard InChI is InChI=1S/C25H23FN6O3/c1-13-14(4-6-20(30-13)25(34)32(2)3)17-11-28-23(18-12-29-31-24(33)22(17)18)27-10-16-15-8-9-35-21(15)7-5-19(16)26/h4-7,11-12H,8-10H2,1-3H3,(H,27,28)(H,31,33). The molecule has 0 spiro atoms. The Bertz CT molecular complexity index is 1530. The number of pyridine rings is 2. The van der Waals surface area contributed by atoms with Crippen LogP contribution in [0.25, 0.3) is 21.9 Å². The number of nitrogens with one attached hydrogen (secondary N) is 2. The van der Waals surface area contributed by atoms with Crippen molar-refractivity contribution in [2.45, 2.75) is 19.9 Å². The van der Waals surface area contributed by atoms with Crippen molar-refractivity contribution in [1.29, 1.82) is 0 Å². The van der Waals surface area contributed by atoms with Crippen LogP contribution in [0.3, 0.4) is 0 Å². The highest BCUT2D eigenvalue weighted by atomic mass is 19.1. The van der Waals surface area contributed by atoms with Crippen molar-refractivity contribution < 1.29 is 13.9 Å². The van der Waals surface area contributed by atoms with E-state index in [1.807, 2.05) is 0 Å². The number of carbonyl (C=O) groups is 1. The molecule has 1 aromatic carbocycles. The normalized spacial score (nSPS) is 12.3. The van der Waals surface area contributed by atoms with Crippen LogP contribution in [0, 0.1) is 12.7 Å². The first-order valence-electron chi connectivity index (χ1n) is 11.1. The van der Waals surface area contributed by atoms with Crippen LogP contribution in [0.15, 0.2) is 41.5 Å². The maximum absolute atomic E-state index is 14.6. The van der Waals surface area contributed by atoms with Crippen LogP contribution in [0.5, 0.6) is 5.75 Å². The van der Waals surface area contributed by atoms with E-state index in [1.165, 1.54) is 17.2 Å². The average molecular weight is 474 g/mol. The number of halogens is 1. The fraction of sp³-hybridized carbons (Fsp3) is 0.240. The third-order valence-corrected chi connectivity index (χ3v) is 6.08. The Labute approximate surface area is 200 Å². The minimum absolute atomic E-state index is 0.175. The summed E-state index contributed by atoms with van der Waals surface area (Å²) in [5.74, 6) is 0.555. The topological polar surface area (TPSA) is 113 Å². The van der Waals surface area contributed by atoms with Gasteiger partial charge in [-0.2, -0.15) is 5.10 Å². The summed E-state index contributed by atoms with van der Waals surface area (Å²) in [6.07, 6.45) is 3.72. The predicted octanol–water partition coefficient (Wildman–Crippen LogP) is 3.08. The summed E-state index contributed by atoms with van der Waals surface area (Å²) < 4.78 is 20.1. The molecule has 5 rings (SSSR count). The molecule has 35 heavy (non-hydrogen) atoms. The number of rotatable bonds is 5. The van der Waals surface area contributed by atoms with Gasteiger partial charge in [0.25, 0.3) is 11.5 Å². The van der Waals surface area contributed by atoms with E-state index >= 15 is 0 Å². The zero-order chi connectivity index (χ0) is 24.7. The number of benzene rings is 1. The van der Waals surface area contributed by atoms with E-state index in [-0.39, 0.29) is 18.3 Å². The van der Waals surface area contributed by atoms with E-state index in [4.69, 9.17) is 4.74 Å². The molecule has 0 fully saturated rings. The van der Waals surface area contributed by atoms with Crippen molar-refractivity contribution in [3.8, 4) is 16.9 Å². The summed E-state index contributed by atoms with van der Waals surface area (Å²) in [4.78, 5) is 35.5. The number of hydrogen-bond acceptors (Lipinski definition) is 7. The van der Waals surface area contributed by atoms with E-state index in [1.54, 1.807) is 45.4 Å². The van der Waals surface area contributed by atoms with Crippen molar-refractivity contribution in [2.24, 2.45) is 0 Å². The molecule has 4 aromatic rings. The number of anilines is 1. The Morgan fingerprint density at radius 3 is 2.80 bits per heavy atom. The molecule has 0 saturated carbocycles. The summed E-state index contributed by atoms with van der Waals surface area (Å²) in [6.45, 7) is 2.47. The number of aromatic amines is 1. The molecule has 9 nitrogen and oxygen atoms in total. The lowest BCUT2D eigenvalue weighted by Crippen LogP contribution is -2.23. The number of nitrogens with zero attached hydrogens (tertiary/aromatic N) is 4. The van der Waals surface area contributed by atoms with E-state index in [9.17, 15) is 14.0 Å². The quantitative estimate of drug-likeness (QED) is 0.457. The van der Waals surface area contributed by atoms with Crippen molar-refractivity contribution in [3.05, 3.63) is 75.3 Å². The lowest BCUT2D eigenvalue weighted by Gasteiger charge is -2.15. The molecule has 0 bridgehead atoms. The van der Waals surface area contributed by atoms with Crippen LogP contribution in [-0.2, 0) is 13.0 Å². The second kappa shape index (κ2) is 8.79. The summed E-state index contributed by atoms with van der Waals surface area (Å²) in [6, 6.07) is 6.41. The number of hydrogen-bond donors (Lipinski definition) is 2. The van der Waals surface area contributed by atoms with Gasteiger partial charge in [0, 0.05) is 61.2 Å². The zero-order valence-corrected chi connectivity index (χ0v) is 19.5. The molecule has 178 valence electrons. The molecule has 3 aromatic heterocycles. The van der Waals surface area contributed by atoms with Gasteiger partial charge in [-0.15, -0.1) is 0 Å². The van der Waals surface area contributed by atoms with Gasteiger partial charge < -0.3 is 15.0 Å². The van der Waals surface area contributed by atoms with Gasteiger partial charge in [-0.1, -0.05) is 6.07 Å². The maximum atomic E-state index is 14.6. The highest BCUT2D eigenvalue weighted by Crippen LogP contribution is 2.33. The number of carbonyl (C=O) groups excluding carboxylic acids is 1. The molecule has 0 radical (unpaired) electrons. The number of H-pyrrole nitrogens is 1. The van der Waals surface area contributed by atoms with E-state index in [2.05, 4.69) is 25.5 Å². The Hall–Kier alpha value is -4.34. The van der Waals surface area contributed by atoms with Gasteiger partial charge in [-0.05, 0) is 25.1 Å². The minimum Gasteiger partial charge on any atom is -0.493 e. The highest BCUT2D eigenvalue weighted by Gasteiger charge is 2.21. The molecule has 0 atom stereocenters. The molecule has 0 unspecified atom stereocenters. The molecule has 4 heterocycles. The largest absolute Gasteiger partial charge is 0.493 e. The summed E-state index contributed by atoms with van der Waals surface area (Å²) in [5, 5.41) is 10.4. The number of amides is 1. The lowest BCUT2D eigenvalue weighted by molar-refractivity contribution is 0.0822. The second-order valence-electron chi connectivity index (χ2n) is 8.49. The first-order chi connectivity index (χ1) is 16.8. The summed E-state index contributed by atoms with van der Waals surface area (Å²) in [5.41, 5.74) is 3.08. The monoisotopic (exact) mass is 474 g/mol. The Morgan fingerprint density at radius 2 is 2.03 bits per heavy atom. The number of aromatic nitrogens is 4. The molecule has 1 aliphatic rings. The van der Waals surface area contributed by atoms with Gasteiger partial charge in [-0.25, -0.2) is 19.5 Å². The van der Waals surface area contributed by atoms with Crippen molar-refractivity contribution in [2.75, 3.05) is 26.0 Å². The fourth-order valence-electron chi connectivity index (χ4n) is 4.33. The molecule has 1 aliphatic heterocycles. The van der Waals surface area contributed by atoms with Gasteiger partial charge in [0.1, 0.15) is 23.1 Å². The Balaban J connectivity index is 1.55. The molecule has 0 aliphatic carbocycles. The van der Waals surface area contributed by atoms with Gasteiger partial charge in [-0.3, -0.25) is 9.59 Å². The van der Waals surface area contributed by atoms with Gasteiger partial charge in [0.2, 0.25) is 0 Å². The van der Waals surface area contributed by atoms with Gasteiger partial charge >= 0.3 is 0 Å². The lowest BCUT2D eigenvalue weighted by atomic mass is 10.0. The van der Waals surface area contributed by atoms with Gasteiger partial charge in [0.05, 0.1) is 23.6 Å². The summed E-state index contributed by atoms with van der Waals surface area (Å²) >= 11 is 0. The summed E-state index contributed by atoms with van der Waals surface area (Å²) in [7, 11) is 3.32. The van der Waals surface area contributed by atoms with Crippen LogP contribution in [-0.4, -0.2) is 51.7 Å². The van der Waals surface area contributed by atoms with E-state index in [0.29, 0.717) is 63.4 Å². The predicted molar refractivity (Wildman–Crippen MR) is 129 cm³/mol. The van der Waals surface area contributed by atoms with Crippen molar-refractivity contribution in [3.63, 3.8) is 0 Å². The van der Waals surface area contributed by atoms with Crippen molar-refractivity contribution >= 4 is 22.5 Å². The molecule has 0 saturated heterocycles. The molecule has 10 heteroatoms. The Morgan fingerprint density at radius 1 is 1.20 bits per heavy atom. The third kappa shape index (κ3) is 3.96. The van der Waals surface area contributed by atoms with E-state index < -0.39 is 5.56 Å². The smallest absolute Gasteiger partial charge is 0.272 e. The van der Waals surface area contributed by atoms with Gasteiger partial charge in [0.15, 0.2) is 0 Å².